The summed E-state index contributed by atoms with van der Waals surface area (Å²) in [6, 6.07) is 6.01. The number of pyridine rings is 1. The van der Waals surface area contributed by atoms with Gasteiger partial charge in [-0.25, -0.2) is 9.37 Å². The van der Waals surface area contributed by atoms with Crippen molar-refractivity contribution >= 4 is 43.5 Å². The van der Waals surface area contributed by atoms with Gasteiger partial charge in [-0.05, 0) is 40.2 Å². The third-order valence-electron chi connectivity index (χ3n) is 1.87. The summed E-state index contributed by atoms with van der Waals surface area (Å²) in [6.07, 6.45) is 1.52. The van der Waals surface area contributed by atoms with Gasteiger partial charge in [-0.3, -0.25) is 0 Å². The van der Waals surface area contributed by atoms with Gasteiger partial charge in [0.15, 0.2) is 11.6 Å². The Morgan fingerprint density at radius 3 is 2.65 bits per heavy atom. The molecule has 2 aromatic rings. The molecular weight excluding hydrogens is 376 g/mol. The lowest BCUT2D eigenvalue weighted by Crippen LogP contribution is -1.91. The fourth-order valence-corrected chi connectivity index (χ4v) is 2.14. The van der Waals surface area contributed by atoms with Crippen LogP contribution < -0.4 is 4.74 Å². The van der Waals surface area contributed by atoms with Crippen molar-refractivity contribution in [1.82, 2.24) is 4.98 Å². The molecule has 2 rings (SSSR count). The SMILES string of the molecule is Fc1ccc(Br)cc1Oc1ncc(Br)cc1Cl. The molecule has 0 unspecified atom stereocenters. The van der Waals surface area contributed by atoms with E-state index in [1.54, 1.807) is 12.1 Å². The lowest BCUT2D eigenvalue weighted by atomic mass is 10.3. The molecule has 6 heteroatoms. The molecule has 2 nitrogen and oxygen atoms in total. The van der Waals surface area contributed by atoms with Gasteiger partial charge in [-0.15, -0.1) is 0 Å². The summed E-state index contributed by atoms with van der Waals surface area (Å²) in [4.78, 5) is 3.96. The number of halogens is 4. The van der Waals surface area contributed by atoms with Crippen molar-refractivity contribution in [2.75, 3.05) is 0 Å². The maximum atomic E-state index is 13.4. The molecular formula is C11H5Br2ClFNO. The molecule has 0 atom stereocenters. The van der Waals surface area contributed by atoms with Crippen molar-refractivity contribution < 1.29 is 9.13 Å². The van der Waals surface area contributed by atoms with E-state index in [2.05, 4.69) is 36.8 Å². The molecule has 0 amide bonds. The first-order valence-corrected chi connectivity index (χ1v) is 6.46. The van der Waals surface area contributed by atoms with Gasteiger partial charge in [0.2, 0.25) is 5.88 Å². The molecule has 0 bridgehead atoms. The number of hydrogen-bond acceptors (Lipinski definition) is 2. The van der Waals surface area contributed by atoms with Gasteiger partial charge in [0.05, 0.1) is 0 Å². The average Bonchev–Trinajstić information content (AvgIpc) is 2.27. The Bertz CT molecular complexity index is 565. The Kier molecular flexibility index (Phi) is 4.01. The maximum absolute atomic E-state index is 13.4. The molecule has 1 heterocycles. The van der Waals surface area contributed by atoms with Crippen LogP contribution in [0.2, 0.25) is 5.02 Å². The van der Waals surface area contributed by atoms with Crippen molar-refractivity contribution in [2.45, 2.75) is 0 Å². The number of aromatic nitrogens is 1. The van der Waals surface area contributed by atoms with E-state index in [1.165, 1.54) is 18.3 Å². The molecule has 0 radical (unpaired) electrons. The first-order valence-electron chi connectivity index (χ1n) is 4.50. The van der Waals surface area contributed by atoms with Crippen LogP contribution >= 0.6 is 43.5 Å². The summed E-state index contributed by atoms with van der Waals surface area (Å²) in [7, 11) is 0. The Hall–Kier alpha value is -0.650. The van der Waals surface area contributed by atoms with Gasteiger partial charge < -0.3 is 4.74 Å². The van der Waals surface area contributed by atoms with Gasteiger partial charge in [0.1, 0.15) is 5.02 Å². The average molecular weight is 381 g/mol. The van der Waals surface area contributed by atoms with E-state index in [-0.39, 0.29) is 11.6 Å². The summed E-state index contributed by atoms with van der Waals surface area (Å²) in [6.45, 7) is 0. The predicted molar refractivity (Wildman–Crippen MR) is 71.1 cm³/mol. The molecule has 0 saturated heterocycles. The molecule has 0 spiro atoms. The number of nitrogens with zero attached hydrogens (tertiary/aromatic N) is 1. The summed E-state index contributed by atoms with van der Waals surface area (Å²) in [5.41, 5.74) is 0. The van der Waals surface area contributed by atoms with E-state index in [1.807, 2.05) is 0 Å². The van der Waals surface area contributed by atoms with E-state index < -0.39 is 5.82 Å². The Balaban J connectivity index is 2.34. The third kappa shape index (κ3) is 3.18. The predicted octanol–water partition coefficient (Wildman–Crippen LogP) is 5.19. The van der Waals surface area contributed by atoms with Crippen molar-refractivity contribution in [3.05, 3.63) is 50.2 Å². The highest BCUT2D eigenvalue weighted by Gasteiger charge is 2.09. The minimum atomic E-state index is -0.478. The molecule has 1 aromatic heterocycles. The van der Waals surface area contributed by atoms with Crippen LogP contribution in [-0.2, 0) is 0 Å². The van der Waals surface area contributed by atoms with Crippen molar-refractivity contribution in [3.8, 4) is 11.6 Å². The monoisotopic (exact) mass is 379 g/mol. The van der Waals surface area contributed by atoms with E-state index in [0.717, 1.165) is 4.47 Å². The highest BCUT2D eigenvalue weighted by atomic mass is 79.9. The van der Waals surface area contributed by atoms with Crippen LogP contribution in [0.15, 0.2) is 39.4 Å². The highest BCUT2D eigenvalue weighted by molar-refractivity contribution is 9.10. The summed E-state index contributed by atoms with van der Waals surface area (Å²) in [5, 5.41) is 0.304. The zero-order valence-corrected chi connectivity index (χ0v) is 12.2. The van der Waals surface area contributed by atoms with E-state index in [4.69, 9.17) is 16.3 Å². The second-order valence-electron chi connectivity index (χ2n) is 3.12. The summed E-state index contributed by atoms with van der Waals surface area (Å²) >= 11 is 12.4. The molecule has 0 N–H and O–H groups in total. The lowest BCUT2D eigenvalue weighted by Gasteiger charge is -2.07. The van der Waals surface area contributed by atoms with Gasteiger partial charge in [0, 0.05) is 15.1 Å². The second-order valence-corrected chi connectivity index (χ2v) is 5.36. The minimum Gasteiger partial charge on any atom is -0.434 e. The van der Waals surface area contributed by atoms with Crippen LogP contribution in [-0.4, -0.2) is 4.98 Å². The molecule has 17 heavy (non-hydrogen) atoms. The number of rotatable bonds is 2. The van der Waals surface area contributed by atoms with E-state index in [9.17, 15) is 4.39 Å². The highest BCUT2D eigenvalue weighted by Crippen LogP contribution is 2.31. The Morgan fingerprint density at radius 1 is 1.18 bits per heavy atom. The van der Waals surface area contributed by atoms with E-state index in [0.29, 0.717) is 9.50 Å². The zero-order valence-electron chi connectivity index (χ0n) is 8.25. The minimum absolute atomic E-state index is 0.0658. The Labute approximate surface area is 119 Å². The molecule has 0 aliphatic carbocycles. The van der Waals surface area contributed by atoms with Crippen molar-refractivity contribution in [1.29, 1.82) is 0 Å². The largest absolute Gasteiger partial charge is 0.434 e. The topological polar surface area (TPSA) is 22.1 Å². The summed E-state index contributed by atoms with van der Waals surface area (Å²) in [5.74, 6) is -0.253. The first-order chi connectivity index (χ1) is 8.06. The van der Waals surface area contributed by atoms with Gasteiger partial charge in [0.25, 0.3) is 0 Å². The summed E-state index contributed by atoms with van der Waals surface area (Å²) < 4.78 is 20.2. The van der Waals surface area contributed by atoms with Crippen molar-refractivity contribution in [2.24, 2.45) is 0 Å². The molecule has 0 aliphatic heterocycles. The first kappa shape index (κ1) is 12.8. The second kappa shape index (κ2) is 5.33. The van der Waals surface area contributed by atoms with Crippen molar-refractivity contribution in [3.63, 3.8) is 0 Å². The molecule has 88 valence electrons. The standard InChI is InChI=1S/C11H5Br2ClFNO/c12-6-1-2-9(15)10(4-6)17-11-8(14)3-7(13)5-16-11/h1-5H. The van der Waals surface area contributed by atoms with E-state index >= 15 is 0 Å². The molecule has 1 aromatic carbocycles. The molecule has 0 saturated carbocycles. The fourth-order valence-electron chi connectivity index (χ4n) is 1.14. The van der Waals surface area contributed by atoms with Gasteiger partial charge in [-0.2, -0.15) is 0 Å². The number of benzene rings is 1. The van der Waals surface area contributed by atoms with Crippen LogP contribution in [0.3, 0.4) is 0 Å². The molecule has 0 fully saturated rings. The smallest absolute Gasteiger partial charge is 0.238 e. The Morgan fingerprint density at radius 2 is 1.94 bits per heavy atom. The lowest BCUT2D eigenvalue weighted by molar-refractivity contribution is 0.427. The van der Waals surface area contributed by atoms with Gasteiger partial charge >= 0.3 is 0 Å². The van der Waals surface area contributed by atoms with Crippen LogP contribution in [0.4, 0.5) is 4.39 Å². The van der Waals surface area contributed by atoms with Gasteiger partial charge in [-0.1, -0.05) is 27.5 Å². The number of ether oxygens (including phenoxy) is 1. The normalized spacial score (nSPS) is 10.4. The van der Waals surface area contributed by atoms with Crippen LogP contribution in [0.5, 0.6) is 11.6 Å². The van der Waals surface area contributed by atoms with Crippen LogP contribution in [0.1, 0.15) is 0 Å². The number of hydrogen-bond donors (Lipinski definition) is 0. The zero-order chi connectivity index (χ0) is 12.4. The van der Waals surface area contributed by atoms with Crippen LogP contribution in [0, 0.1) is 5.82 Å². The third-order valence-corrected chi connectivity index (χ3v) is 3.07. The fraction of sp³-hybridized carbons (Fsp3) is 0. The maximum Gasteiger partial charge on any atom is 0.238 e. The quantitative estimate of drug-likeness (QED) is 0.714. The molecule has 0 aliphatic rings. The van der Waals surface area contributed by atoms with Crippen LogP contribution in [0.25, 0.3) is 0 Å².